The fourth-order valence-electron chi connectivity index (χ4n) is 3.77. The van der Waals surface area contributed by atoms with E-state index in [0.717, 1.165) is 34.0 Å². The molecule has 0 aliphatic heterocycles. The lowest BCUT2D eigenvalue weighted by Gasteiger charge is -2.15. The highest BCUT2D eigenvalue weighted by atomic mass is 16.5. The molecule has 8 heteroatoms. The van der Waals surface area contributed by atoms with Gasteiger partial charge in [0.15, 0.2) is 17.1 Å². The van der Waals surface area contributed by atoms with Crippen LogP contribution in [0.5, 0.6) is 28.7 Å². The van der Waals surface area contributed by atoms with Crippen LogP contribution in [-0.2, 0) is 0 Å². The van der Waals surface area contributed by atoms with Gasteiger partial charge in [0.25, 0.3) is 0 Å². The van der Waals surface area contributed by atoms with Crippen molar-refractivity contribution in [2.45, 2.75) is 0 Å². The molecule has 1 N–H and O–H groups in total. The van der Waals surface area contributed by atoms with Crippen LogP contribution in [0.3, 0.4) is 0 Å². The van der Waals surface area contributed by atoms with Crippen molar-refractivity contribution in [2.24, 2.45) is 0 Å². The van der Waals surface area contributed by atoms with E-state index >= 15 is 0 Å². The second kappa shape index (κ2) is 9.64. The van der Waals surface area contributed by atoms with E-state index in [4.69, 9.17) is 23.9 Å². The van der Waals surface area contributed by atoms with Crippen LogP contribution in [0.4, 0.5) is 11.5 Å². The van der Waals surface area contributed by atoms with E-state index in [1.807, 2.05) is 79.0 Å². The van der Waals surface area contributed by atoms with Gasteiger partial charge in [-0.2, -0.15) is 5.10 Å². The molecule has 8 nitrogen and oxygen atoms in total. The van der Waals surface area contributed by atoms with Crippen LogP contribution in [-0.4, -0.2) is 35.9 Å². The van der Waals surface area contributed by atoms with Crippen LogP contribution < -0.4 is 24.3 Å². The highest BCUT2D eigenvalue weighted by Crippen LogP contribution is 2.40. The summed E-state index contributed by atoms with van der Waals surface area (Å²) in [6, 6.07) is 23.1. The lowest BCUT2D eigenvalue weighted by Crippen LogP contribution is -2.00. The van der Waals surface area contributed by atoms with Gasteiger partial charge < -0.3 is 24.3 Å². The van der Waals surface area contributed by atoms with E-state index in [1.165, 1.54) is 0 Å². The molecule has 3 aromatic carbocycles. The Hall–Kier alpha value is -4.72. The molecule has 0 saturated carbocycles. The maximum atomic E-state index is 5.90. The minimum Gasteiger partial charge on any atom is -0.493 e. The van der Waals surface area contributed by atoms with Gasteiger partial charge in [0.2, 0.25) is 5.75 Å². The monoisotopic (exact) mass is 468 g/mol. The number of hydrogen-bond donors (Lipinski definition) is 1. The van der Waals surface area contributed by atoms with Crippen molar-refractivity contribution in [3.8, 4) is 39.9 Å². The number of rotatable bonds is 8. The molecule has 0 saturated heterocycles. The summed E-state index contributed by atoms with van der Waals surface area (Å²) in [4.78, 5) is 4.80. The average Bonchev–Trinajstić information content (AvgIpc) is 3.32. The number of methoxy groups -OCH3 is 3. The summed E-state index contributed by atoms with van der Waals surface area (Å²) < 4.78 is 23.9. The first-order chi connectivity index (χ1) is 17.2. The van der Waals surface area contributed by atoms with Crippen LogP contribution in [0.25, 0.3) is 16.8 Å². The van der Waals surface area contributed by atoms with E-state index in [-0.39, 0.29) is 0 Å². The summed E-state index contributed by atoms with van der Waals surface area (Å²) in [6.45, 7) is 0. The zero-order chi connectivity index (χ0) is 24.2. The van der Waals surface area contributed by atoms with Gasteiger partial charge in [-0.3, -0.25) is 0 Å². The molecule has 0 spiro atoms. The molecule has 0 radical (unpaired) electrons. The normalized spacial score (nSPS) is 10.7. The quantitative estimate of drug-likeness (QED) is 0.301. The van der Waals surface area contributed by atoms with Crippen molar-refractivity contribution in [3.63, 3.8) is 0 Å². The molecule has 0 aliphatic rings. The van der Waals surface area contributed by atoms with Gasteiger partial charge in [0.05, 0.1) is 27.5 Å². The smallest absolute Gasteiger partial charge is 0.203 e. The minimum atomic E-state index is 0.529. The predicted molar refractivity (Wildman–Crippen MR) is 134 cm³/mol. The zero-order valence-corrected chi connectivity index (χ0v) is 19.6. The van der Waals surface area contributed by atoms with Crippen molar-refractivity contribution in [1.82, 2.24) is 14.6 Å². The summed E-state index contributed by atoms with van der Waals surface area (Å²) in [5.74, 6) is 3.84. The number of aromatic nitrogens is 3. The van der Waals surface area contributed by atoms with E-state index in [0.29, 0.717) is 23.1 Å². The van der Waals surface area contributed by atoms with E-state index in [2.05, 4.69) is 10.4 Å². The maximum Gasteiger partial charge on any atom is 0.203 e. The van der Waals surface area contributed by atoms with Gasteiger partial charge in [0, 0.05) is 29.6 Å². The van der Waals surface area contributed by atoms with E-state index in [1.54, 1.807) is 32.0 Å². The number of nitrogens with one attached hydrogen (secondary N) is 1. The molecule has 0 bridgehead atoms. The Morgan fingerprint density at radius 2 is 1.46 bits per heavy atom. The van der Waals surface area contributed by atoms with Crippen molar-refractivity contribution in [2.75, 3.05) is 26.6 Å². The number of hydrogen-bond acceptors (Lipinski definition) is 7. The van der Waals surface area contributed by atoms with Crippen LogP contribution in [0.1, 0.15) is 0 Å². The first-order valence-corrected chi connectivity index (χ1v) is 10.9. The second-order valence-corrected chi connectivity index (χ2v) is 7.62. The molecule has 0 fully saturated rings. The Kier molecular flexibility index (Phi) is 6.09. The number of ether oxygens (including phenoxy) is 4. The van der Waals surface area contributed by atoms with Crippen molar-refractivity contribution >= 4 is 17.2 Å². The van der Waals surface area contributed by atoms with Crippen LogP contribution in [0.15, 0.2) is 85.2 Å². The summed E-state index contributed by atoms with van der Waals surface area (Å²) in [6.07, 6.45) is 3.66. The van der Waals surface area contributed by atoms with Gasteiger partial charge in [-0.05, 0) is 35.9 Å². The number of para-hydroxylation sites is 1. The number of benzene rings is 3. The largest absolute Gasteiger partial charge is 0.493 e. The molecule has 176 valence electrons. The fourth-order valence-corrected chi connectivity index (χ4v) is 3.77. The molecule has 5 aromatic rings. The Morgan fingerprint density at radius 1 is 0.771 bits per heavy atom. The third-order valence-corrected chi connectivity index (χ3v) is 5.45. The molecule has 35 heavy (non-hydrogen) atoms. The van der Waals surface area contributed by atoms with E-state index < -0.39 is 0 Å². The van der Waals surface area contributed by atoms with Crippen molar-refractivity contribution in [3.05, 3.63) is 85.2 Å². The van der Waals surface area contributed by atoms with Crippen LogP contribution >= 0.6 is 0 Å². The Labute approximate surface area is 202 Å². The Morgan fingerprint density at radius 3 is 2.11 bits per heavy atom. The first kappa shape index (κ1) is 22.1. The predicted octanol–water partition coefficient (Wildman–Crippen LogP) is 5.96. The SMILES string of the molecule is COc1cc(Nc2ccn3ncc(-c4ccc(Oc5ccccc5)cc4)c3n2)cc(OC)c1OC. The zero-order valence-electron chi connectivity index (χ0n) is 19.6. The molecule has 5 rings (SSSR count). The highest BCUT2D eigenvalue weighted by Gasteiger charge is 2.14. The molecular formula is C27H24N4O4. The summed E-state index contributed by atoms with van der Waals surface area (Å²) >= 11 is 0. The van der Waals surface area contributed by atoms with Crippen molar-refractivity contribution in [1.29, 1.82) is 0 Å². The Bertz CT molecular complexity index is 1420. The topological polar surface area (TPSA) is 79.1 Å². The highest BCUT2D eigenvalue weighted by molar-refractivity contribution is 5.78. The van der Waals surface area contributed by atoms with Crippen LogP contribution in [0.2, 0.25) is 0 Å². The van der Waals surface area contributed by atoms with E-state index in [9.17, 15) is 0 Å². The fraction of sp³-hybridized carbons (Fsp3) is 0.111. The Balaban J connectivity index is 1.42. The lowest BCUT2D eigenvalue weighted by atomic mass is 10.1. The average molecular weight is 469 g/mol. The molecular weight excluding hydrogens is 444 g/mol. The third kappa shape index (κ3) is 4.54. The van der Waals surface area contributed by atoms with Gasteiger partial charge in [0.1, 0.15) is 17.3 Å². The molecule has 0 atom stereocenters. The molecule has 0 aliphatic carbocycles. The standard InChI is InChI=1S/C27H24N4O4/c1-32-23-15-19(16-24(33-2)26(23)34-3)29-25-13-14-31-27(30-25)22(17-28-31)18-9-11-21(12-10-18)35-20-7-5-4-6-8-20/h4-17H,1-3H3,(H,29,30). The molecule has 2 aromatic heterocycles. The lowest BCUT2D eigenvalue weighted by molar-refractivity contribution is 0.324. The molecule has 0 unspecified atom stereocenters. The third-order valence-electron chi connectivity index (χ3n) is 5.45. The number of nitrogens with zero attached hydrogens (tertiary/aromatic N) is 3. The van der Waals surface area contributed by atoms with Gasteiger partial charge in [-0.15, -0.1) is 0 Å². The number of anilines is 2. The summed E-state index contributed by atoms with van der Waals surface area (Å²) in [5, 5.41) is 7.76. The van der Waals surface area contributed by atoms with Crippen LogP contribution in [0, 0.1) is 0 Å². The summed E-state index contributed by atoms with van der Waals surface area (Å²) in [7, 11) is 4.74. The van der Waals surface area contributed by atoms with Gasteiger partial charge in [-0.25, -0.2) is 9.50 Å². The first-order valence-electron chi connectivity index (χ1n) is 10.9. The second-order valence-electron chi connectivity index (χ2n) is 7.62. The van der Waals surface area contributed by atoms with Gasteiger partial charge in [-0.1, -0.05) is 30.3 Å². The summed E-state index contributed by atoms with van der Waals surface area (Å²) in [5.41, 5.74) is 3.36. The maximum absolute atomic E-state index is 5.90. The molecule has 0 amide bonds. The minimum absolute atomic E-state index is 0.529. The molecule has 2 heterocycles. The van der Waals surface area contributed by atoms with Crippen molar-refractivity contribution < 1.29 is 18.9 Å². The van der Waals surface area contributed by atoms with Gasteiger partial charge >= 0.3 is 0 Å². The number of fused-ring (bicyclic) bond motifs is 1.